The van der Waals surface area contributed by atoms with Gasteiger partial charge in [-0.1, -0.05) is 23.7 Å². The monoisotopic (exact) mass is 314 g/mol. The number of amides is 2. The molecule has 4 nitrogen and oxygen atoms in total. The maximum Gasteiger partial charge on any atom is 0.228 e. The molecule has 0 aliphatic carbocycles. The number of hydrogen-bond acceptors (Lipinski definition) is 2. The number of halogens is 1. The molecule has 0 atom stereocenters. The van der Waals surface area contributed by atoms with Crippen molar-refractivity contribution < 1.29 is 9.59 Å². The molecule has 0 fully saturated rings. The molecule has 1 aliphatic rings. The van der Waals surface area contributed by atoms with Gasteiger partial charge in [-0.2, -0.15) is 0 Å². The predicted molar refractivity (Wildman–Crippen MR) is 87.2 cm³/mol. The molecule has 112 valence electrons. The van der Waals surface area contributed by atoms with E-state index in [1.54, 1.807) is 18.2 Å². The third-order valence-electron chi connectivity index (χ3n) is 3.56. The molecule has 0 radical (unpaired) electrons. The van der Waals surface area contributed by atoms with Crippen LogP contribution >= 0.6 is 11.6 Å². The van der Waals surface area contributed by atoms with Gasteiger partial charge in [-0.05, 0) is 47.9 Å². The molecule has 0 unspecified atom stereocenters. The van der Waals surface area contributed by atoms with Crippen LogP contribution in [0.2, 0.25) is 5.02 Å². The molecule has 1 aliphatic heterocycles. The van der Waals surface area contributed by atoms with Gasteiger partial charge in [0.25, 0.3) is 0 Å². The van der Waals surface area contributed by atoms with E-state index in [4.69, 9.17) is 11.6 Å². The van der Waals surface area contributed by atoms with E-state index < -0.39 is 0 Å². The highest BCUT2D eigenvalue weighted by Crippen LogP contribution is 2.25. The summed E-state index contributed by atoms with van der Waals surface area (Å²) >= 11 is 5.83. The van der Waals surface area contributed by atoms with Gasteiger partial charge < -0.3 is 10.6 Å². The van der Waals surface area contributed by atoms with Crippen LogP contribution in [0, 0.1) is 0 Å². The van der Waals surface area contributed by atoms with Gasteiger partial charge in [-0.15, -0.1) is 0 Å². The van der Waals surface area contributed by atoms with Crippen molar-refractivity contribution in [3.05, 3.63) is 58.6 Å². The van der Waals surface area contributed by atoms with Gasteiger partial charge in [0.15, 0.2) is 0 Å². The number of carbonyl (C=O) groups excluding carboxylic acids is 2. The zero-order valence-corrected chi connectivity index (χ0v) is 12.6. The summed E-state index contributed by atoms with van der Waals surface area (Å²) in [5.74, 6) is -0.0471. The Bertz CT molecular complexity index is 726. The lowest BCUT2D eigenvalue weighted by atomic mass is 10.0. The molecule has 0 saturated carbocycles. The highest BCUT2D eigenvalue weighted by molar-refractivity contribution is 6.30. The van der Waals surface area contributed by atoms with Gasteiger partial charge in [-0.3, -0.25) is 9.59 Å². The summed E-state index contributed by atoms with van der Waals surface area (Å²) in [5, 5.41) is 6.36. The van der Waals surface area contributed by atoms with Crippen molar-refractivity contribution in [1.82, 2.24) is 0 Å². The van der Waals surface area contributed by atoms with Gasteiger partial charge in [-0.25, -0.2) is 0 Å². The van der Waals surface area contributed by atoms with Crippen molar-refractivity contribution in [1.29, 1.82) is 0 Å². The van der Waals surface area contributed by atoms with Crippen molar-refractivity contribution in [2.45, 2.75) is 19.3 Å². The lowest BCUT2D eigenvalue weighted by Crippen LogP contribution is -2.19. The lowest BCUT2D eigenvalue weighted by Gasteiger charge is -2.17. The molecule has 2 amide bonds. The zero-order valence-electron chi connectivity index (χ0n) is 11.9. The number of carbonyl (C=O) groups is 2. The average Bonchev–Trinajstić information content (AvgIpc) is 2.50. The predicted octanol–water partition coefficient (Wildman–Crippen LogP) is 3.41. The van der Waals surface area contributed by atoms with Crippen LogP contribution in [0.1, 0.15) is 17.5 Å². The molecule has 2 aromatic carbocycles. The highest BCUT2D eigenvalue weighted by Gasteiger charge is 2.15. The van der Waals surface area contributed by atoms with Gasteiger partial charge >= 0.3 is 0 Å². The molecular weight excluding hydrogens is 300 g/mol. The normalized spacial score (nSPS) is 13.2. The first-order valence-corrected chi connectivity index (χ1v) is 7.45. The summed E-state index contributed by atoms with van der Waals surface area (Å²) in [5.41, 5.74) is 3.52. The molecule has 0 spiro atoms. The summed E-state index contributed by atoms with van der Waals surface area (Å²) in [6.45, 7) is 0. The Hall–Kier alpha value is -2.33. The fourth-order valence-corrected chi connectivity index (χ4v) is 2.58. The molecule has 1 heterocycles. The van der Waals surface area contributed by atoms with Gasteiger partial charge in [0.05, 0.1) is 6.42 Å². The number of nitrogens with one attached hydrogen (secondary N) is 2. The van der Waals surface area contributed by atoms with Crippen LogP contribution in [0.4, 0.5) is 11.4 Å². The first-order chi connectivity index (χ1) is 10.6. The number of benzene rings is 2. The third-order valence-corrected chi connectivity index (χ3v) is 3.81. The molecule has 2 N–H and O–H groups in total. The summed E-state index contributed by atoms with van der Waals surface area (Å²) in [6, 6.07) is 12.7. The second-order valence-corrected chi connectivity index (χ2v) is 5.71. The minimum Gasteiger partial charge on any atom is -0.326 e. The van der Waals surface area contributed by atoms with Crippen molar-refractivity contribution in [2.75, 3.05) is 10.6 Å². The van der Waals surface area contributed by atoms with E-state index in [2.05, 4.69) is 10.6 Å². The largest absolute Gasteiger partial charge is 0.326 e. The summed E-state index contributed by atoms with van der Waals surface area (Å²) < 4.78 is 0. The second kappa shape index (κ2) is 6.20. The third kappa shape index (κ3) is 3.46. The first kappa shape index (κ1) is 14.6. The Morgan fingerprint density at radius 2 is 1.91 bits per heavy atom. The number of fused-ring (bicyclic) bond motifs is 1. The van der Waals surface area contributed by atoms with Crippen LogP contribution in [-0.4, -0.2) is 11.8 Å². The van der Waals surface area contributed by atoms with Gasteiger partial charge in [0, 0.05) is 22.8 Å². The number of rotatable bonds is 3. The van der Waals surface area contributed by atoms with Crippen molar-refractivity contribution in [3.8, 4) is 0 Å². The Balaban J connectivity index is 1.66. The minimum absolute atomic E-state index is 0.0343. The Labute approximate surface area is 133 Å². The zero-order chi connectivity index (χ0) is 15.5. The highest BCUT2D eigenvalue weighted by atomic mass is 35.5. The molecule has 0 bridgehead atoms. The van der Waals surface area contributed by atoms with E-state index in [-0.39, 0.29) is 11.8 Å². The van der Waals surface area contributed by atoms with Crippen molar-refractivity contribution in [3.63, 3.8) is 0 Å². The number of anilines is 2. The fraction of sp³-hybridized carbons (Fsp3) is 0.176. The Kier molecular flexibility index (Phi) is 4.11. The minimum atomic E-state index is -0.0814. The van der Waals surface area contributed by atoms with Crippen LogP contribution in [0.5, 0.6) is 0 Å². The molecule has 2 aromatic rings. The summed E-state index contributed by atoms with van der Waals surface area (Å²) in [4.78, 5) is 23.4. The topological polar surface area (TPSA) is 58.2 Å². The number of hydrogen-bond donors (Lipinski definition) is 2. The Morgan fingerprint density at radius 3 is 2.68 bits per heavy atom. The molecular formula is C17H15ClN2O2. The van der Waals surface area contributed by atoms with E-state index >= 15 is 0 Å². The quantitative estimate of drug-likeness (QED) is 0.912. The van der Waals surface area contributed by atoms with Crippen LogP contribution in [0.25, 0.3) is 0 Å². The summed E-state index contributed by atoms with van der Waals surface area (Å²) in [7, 11) is 0. The van der Waals surface area contributed by atoms with E-state index in [0.717, 1.165) is 22.5 Å². The molecule has 5 heteroatoms. The first-order valence-electron chi connectivity index (χ1n) is 7.07. The molecule has 3 rings (SSSR count). The van der Waals surface area contributed by atoms with E-state index in [1.807, 2.05) is 24.3 Å². The Morgan fingerprint density at radius 1 is 1.14 bits per heavy atom. The summed E-state index contributed by atoms with van der Waals surface area (Å²) in [6.07, 6.45) is 1.47. The van der Waals surface area contributed by atoms with Crippen LogP contribution in [-0.2, 0) is 22.4 Å². The van der Waals surface area contributed by atoms with Gasteiger partial charge in [0.2, 0.25) is 11.8 Å². The van der Waals surface area contributed by atoms with Crippen molar-refractivity contribution >= 4 is 34.8 Å². The van der Waals surface area contributed by atoms with Crippen LogP contribution in [0.3, 0.4) is 0 Å². The maximum absolute atomic E-state index is 12.1. The maximum atomic E-state index is 12.1. The van der Waals surface area contributed by atoms with Crippen LogP contribution in [0.15, 0.2) is 42.5 Å². The number of aryl methyl sites for hydroxylation is 1. The SMILES string of the molecule is O=C(Cc1ccc(Cl)cc1)Nc1ccc2c(c1)CCC(=O)N2. The van der Waals surface area contributed by atoms with Crippen LogP contribution < -0.4 is 10.6 Å². The second-order valence-electron chi connectivity index (χ2n) is 5.27. The van der Waals surface area contributed by atoms with E-state index in [1.165, 1.54) is 0 Å². The molecule has 0 saturated heterocycles. The fourth-order valence-electron chi connectivity index (χ4n) is 2.45. The van der Waals surface area contributed by atoms with E-state index in [9.17, 15) is 9.59 Å². The van der Waals surface area contributed by atoms with Crippen molar-refractivity contribution in [2.24, 2.45) is 0 Å². The molecule has 0 aromatic heterocycles. The standard InChI is InChI=1S/C17H15ClN2O2/c18-13-4-1-11(2-5-13)9-17(22)19-14-6-7-15-12(10-14)3-8-16(21)20-15/h1-2,4-7,10H,3,8-9H2,(H,19,22)(H,20,21). The van der Waals surface area contributed by atoms with E-state index in [0.29, 0.717) is 24.3 Å². The van der Waals surface area contributed by atoms with Gasteiger partial charge in [0.1, 0.15) is 0 Å². The lowest BCUT2D eigenvalue weighted by molar-refractivity contribution is -0.117. The molecule has 22 heavy (non-hydrogen) atoms. The smallest absolute Gasteiger partial charge is 0.228 e. The average molecular weight is 315 g/mol.